The van der Waals surface area contributed by atoms with Crippen LogP contribution >= 0.6 is 0 Å². The molecule has 1 amide bonds. The molecule has 5 heteroatoms. The van der Waals surface area contributed by atoms with E-state index < -0.39 is 5.41 Å². The van der Waals surface area contributed by atoms with Crippen molar-refractivity contribution >= 4 is 5.91 Å². The molecule has 2 aliphatic rings. The SMILES string of the molecule is CCC1CN(C(=O)C2(C#N)CCOCC2)CCO1. The van der Waals surface area contributed by atoms with Crippen LogP contribution in [-0.2, 0) is 14.3 Å². The van der Waals surface area contributed by atoms with E-state index in [1.807, 2.05) is 6.92 Å². The highest BCUT2D eigenvalue weighted by Gasteiger charge is 2.43. The molecule has 2 rings (SSSR count). The lowest BCUT2D eigenvalue weighted by molar-refractivity contribution is -0.150. The molecule has 2 saturated heterocycles. The van der Waals surface area contributed by atoms with Crippen molar-refractivity contribution in [3.8, 4) is 6.07 Å². The molecule has 1 unspecified atom stereocenters. The van der Waals surface area contributed by atoms with Gasteiger partial charge in [0.15, 0.2) is 0 Å². The van der Waals surface area contributed by atoms with E-state index >= 15 is 0 Å². The van der Waals surface area contributed by atoms with Crippen LogP contribution in [0.15, 0.2) is 0 Å². The van der Waals surface area contributed by atoms with Crippen LogP contribution in [0.25, 0.3) is 0 Å². The van der Waals surface area contributed by atoms with Crippen molar-refractivity contribution in [2.75, 3.05) is 32.9 Å². The van der Waals surface area contributed by atoms with Gasteiger partial charge in [0.05, 0.1) is 18.8 Å². The average Bonchev–Trinajstić information content (AvgIpc) is 2.47. The lowest BCUT2D eigenvalue weighted by Gasteiger charge is -2.38. The van der Waals surface area contributed by atoms with Gasteiger partial charge in [0.1, 0.15) is 5.41 Å². The summed E-state index contributed by atoms with van der Waals surface area (Å²) in [5.74, 6) is -0.0324. The van der Waals surface area contributed by atoms with E-state index in [1.165, 1.54) is 0 Å². The second kappa shape index (κ2) is 5.68. The van der Waals surface area contributed by atoms with Gasteiger partial charge in [-0.2, -0.15) is 5.26 Å². The zero-order valence-electron chi connectivity index (χ0n) is 10.9. The number of hydrogen-bond donors (Lipinski definition) is 0. The highest BCUT2D eigenvalue weighted by Crippen LogP contribution is 2.32. The number of hydrogen-bond acceptors (Lipinski definition) is 4. The molecule has 5 nitrogen and oxygen atoms in total. The monoisotopic (exact) mass is 252 g/mol. The van der Waals surface area contributed by atoms with E-state index in [2.05, 4.69) is 6.07 Å². The molecule has 0 N–H and O–H groups in total. The molecule has 0 aromatic heterocycles. The van der Waals surface area contributed by atoms with Gasteiger partial charge in [-0.25, -0.2) is 0 Å². The maximum atomic E-state index is 12.6. The van der Waals surface area contributed by atoms with E-state index in [0.29, 0.717) is 45.8 Å². The first-order valence-corrected chi connectivity index (χ1v) is 6.62. The molecule has 0 spiro atoms. The largest absolute Gasteiger partial charge is 0.381 e. The van der Waals surface area contributed by atoms with Crippen LogP contribution in [0.5, 0.6) is 0 Å². The first-order valence-electron chi connectivity index (χ1n) is 6.62. The Bertz CT molecular complexity index is 345. The molecule has 2 fully saturated rings. The maximum absolute atomic E-state index is 12.6. The predicted octanol–water partition coefficient (Wildman–Crippen LogP) is 0.944. The Morgan fingerprint density at radius 2 is 2.17 bits per heavy atom. The second-order valence-electron chi connectivity index (χ2n) is 4.96. The Hall–Kier alpha value is -1.12. The smallest absolute Gasteiger partial charge is 0.243 e. The molecule has 0 saturated carbocycles. The van der Waals surface area contributed by atoms with Gasteiger partial charge in [0.25, 0.3) is 0 Å². The van der Waals surface area contributed by atoms with Crippen LogP contribution in [0.4, 0.5) is 0 Å². The Balaban J connectivity index is 2.07. The van der Waals surface area contributed by atoms with Gasteiger partial charge in [0.2, 0.25) is 5.91 Å². The quantitative estimate of drug-likeness (QED) is 0.734. The summed E-state index contributed by atoms with van der Waals surface area (Å²) in [6.07, 6.45) is 2.03. The third-order valence-corrected chi connectivity index (χ3v) is 3.85. The molecule has 0 aliphatic carbocycles. The number of morpholine rings is 1. The molecule has 1 atom stereocenters. The Kier molecular flexibility index (Phi) is 4.20. The van der Waals surface area contributed by atoms with E-state index in [9.17, 15) is 10.1 Å². The molecule has 0 aromatic rings. The van der Waals surface area contributed by atoms with Crippen molar-refractivity contribution in [1.82, 2.24) is 4.90 Å². The minimum absolute atomic E-state index is 0.0324. The Morgan fingerprint density at radius 3 is 2.78 bits per heavy atom. The zero-order valence-corrected chi connectivity index (χ0v) is 10.9. The van der Waals surface area contributed by atoms with Crippen molar-refractivity contribution in [1.29, 1.82) is 5.26 Å². The summed E-state index contributed by atoms with van der Waals surface area (Å²) in [5.41, 5.74) is -0.867. The number of nitrogens with zero attached hydrogens (tertiary/aromatic N) is 2. The summed E-state index contributed by atoms with van der Waals surface area (Å²) in [6.45, 7) is 4.83. The summed E-state index contributed by atoms with van der Waals surface area (Å²) < 4.78 is 10.8. The minimum Gasteiger partial charge on any atom is -0.381 e. The Morgan fingerprint density at radius 1 is 1.44 bits per heavy atom. The fourth-order valence-electron chi connectivity index (χ4n) is 2.55. The van der Waals surface area contributed by atoms with Crippen LogP contribution in [-0.4, -0.2) is 49.8 Å². The number of nitriles is 1. The average molecular weight is 252 g/mol. The van der Waals surface area contributed by atoms with Gasteiger partial charge in [-0.05, 0) is 19.3 Å². The van der Waals surface area contributed by atoms with E-state index in [4.69, 9.17) is 9.47 Å². The summed E-state index contributed by atoms with van der Waals surface area (Å²) in [7, 11) is 0. The molecule has 100 valence electrons. The second-order valence-corrected chi connectivity index (χ2v) is 4.96. The van der Waals surface area contributed by atoms with Gasteiger partial charge >= 0.3 is 0 Å². The fourth-order valence-corrected chi connectivity index (χ4v) is 2.55. The van der Waals surface area contributed by atoms with Crippen molar-refractivity contribution in [3.05, 3.63) is 0 Å². The van der Waals surface area contributed by atoms with Crippen LogP contribution < -0.4 is 0 Å². The van der Waals surface area contributed by atoms with Gasteiger partial charge in [-0.3, -0.25) is 4.79 Å². The number of rotatable bonds is 2. The molecule has 2 aliphatic heterocycles. The van der Waals surface area contributed by atoms with Crippen LogP contribution in [0, 0.1) is 16.7 Å². The molecule has 0 bridgehead atoms. The summed E-state index contributed by atoms with van der Waals surface area (Å²) in [4.78, 5) is 14.4. The lowest BCUT2D eigenvalue weighted by Crippen LogP contribution is -2.52. The van der Waals surface area contributed by atoms with Crippen molar-refractivity contribution in [2.24, 2.45) is 5.41 Å². The number of amides is 1. The van der Waals surface area contributed by atoms with Crippen molar-refractivity contribution in [3.63, 3.8) is 0 Å². The summed E-state index contributed by atoms with van der Waals surface area (Å²) in [6, 6.07) is 2.24. The topological polar surface area (TPSA) is 62.6 Å². The van der Waals surface area contributed by atoms with Crippen LogP contribution in [0.3, 0.4) is 0 Å². The summed E-state index contributed by atoms with van der Waals surface area (Å²) in [5, 5.41) is 9.38. The lowest BCUT2D eigenvalue weighted by atomic mass is 9.80. The molecule has 2 heterocycles. The third kappa shape index (κ3) is 2.50. The maximum Gasteiger partial charge on any atom is 0.243 e. The van der Waals surface area contributed by atoms with E-state index in [-0.39, 0.29) is 12.0 Å². The van der Waals surface area contributed by atoms with Gasteiger partial charge in [-0.15, -0.1) is 0 Å². The minimum atomic E-state index is -0.867. The summed E-state index contributed by atoms with van der Waals surface area (Å²) >= 11 is 0. The first kappa shape index (κ1) is 13.3. The molecule has 0 radical (unpaired) electrons. The first-order chi connectivity index (χ1) is 8.72. The highest BCUT2D eigenvalue weighted by molar-refractivity contribution is 5.85. The highest BCUT2D eigenvalue weighted by atomic mass is 16.5. The molecule has 0 aromatic carbocycles. The zero-order chi connectivity index (χ0) is 13.0. The molecular formula is C13H20N2O3. The third-order valence-electron chi connectivity index (χ3n) is 3.85. The normalized spacial score (nSPS) is 27.6. The van der Waals surface area contributed by atoms with Crippen molar-refractivity contribution < 1.29 is 14.3 Å². The number of ether oxygens (including phenoxy) is 2. The standard InChI is InChI=1S/C13H20N2O3/c1-2-11-9-15(5-8-18-11)12(16)13(10-14)3-6-17-7-4-13/h11H,2-9H2,1H3. The van der Waals surface area contributed by atoms with Crippen LogP contribution in [0.1, 0.15) is 26.2 Å². The van der Waals surface area contributed by atoms with Gasteiger partial charge in [-0.1, -0.05) is 6.92 Å². The predicted molar refractivity (Wildman–Crippen MR) is 64.7 cm³/mol. The van der Waals surface area contributed by atoms with Gasteiger partial charge in [0, 0.05) is 26.3 Å². The molecular weight excluding hydrogens is 232 g/mol. The fraction of sp³-hybridized carbons (Fsp3) is 0.846. The molecule has 18 heavy (non-hydrogen) atoms. The number of carbonyl (C=O) groups is 1. The van der Waals surface area contributed by atoms with Crippen molar-refractivity contribution in [2.45, 2.75) is 32.3 Å². The van der Waals surface area contributed by atoms with Gasteiger partial charge < -0.3 is 14.4 Å². The Labute approximate surface area is 108 Å². The number of carbonyl (C=O) groups excluding carboxylic acids is 1. The van der Waals surface area contributed by atoms with Crippen LogP contribution in [0.2, 0.25) is 0 Å². The van der Waals surface area contributed by atoms with E-state index in [1.54, 1.807) is 4.90 Å². The van der Waals surface area contributed by atoms with E-state index in [0.717, 1.165) is 6.42 Å².